The fraction of sp³-hybridized carbons (Fsp3) is 0.0952. The number of hydrogen-bond donors (Lipinski definition) is 1. The van der Waals surface area contributed by atoms with Crippen molar-refractivity contribution in [2.45, 2.75) is 0 Å². The lowest BCUT2D eigenvalue weighted by molar-refractivity contribution is -0.127. The summed E-state index contributed by atoms with van der Waals surface area (Å²) in [6, 6.07) is 14.3. The standard InChI is InChI=1S/C21H17ClN2O4S/c1-28-17-11-10-15(12-16(17)22)23-19(25)13-24-20(26)18(29-21(24)27)9-5-8-14-6-3-2-4-7-14/h2-12H,13H2,1H3,(H,23,25)/b8-5-,18-9+. The highest BCUT2D eigenvalue weighted by atomic mass is 35.5. The van der Waals surface area contributed by atoms with Crippen LogP contribution in [0.4, 0.5) is 10.5 Å². The van der Waals surface area contributed by atoms with Crippen molar-refractivity contribution in [2.24, 2.45) is 0 Å². The van der Waals surface area contributed by atoms with Gasteiger partial charge in [0, 0.05) is 5.69 Å². The summed E-state index contributed by atoms with van der Waals surface area (Å²) in [7, 11) is 1.49. The van der Waals surface area contributed by atoms with Crippen molar-refractivity contribution in [3.63, 3.8) is 0 Å². The number of nitrogens with zero attached hydrogens (tertiary/aromatic N) is 1. The summed E-state index contributed by atoms with van der Waals surface area (Å²) >= 11 is 6.83. The molecular weight excluding hydrogens is 412 g/mol. The quantitative estimate of drug-likeness (QED) is 0.681. The maximum Gasteiger partial charge on any atom is 0.294 e. The lowest BCUT2D eigenvalue weighted by Crippen LogP contribution is -2.36. The average molecular weight is 429 g/mol. The Kier molecular flexibility index (Phi) is 6.74. The van der Waals surface area contributed by atoms with Crippen LogP contribution >= 0.6 is 23.4 Å². The molecule has 1 saturated heterocycles. The summed E-state index contributed by atoms with van der Waals surface area (Å²) in [6.07, 6.45) is 5.10. The molecular formula is C21H17ClN2O4S. The number of anilines is 1. The zero-order chi connectivity index (χ0) is 20.8. The summed E-state index contributed by atoms with van der Waals surface area (Å²) in [6.45, 7) is -0.381. The molecule has 1 N–H and O–H groups in total. The number of carbonyl (C=O) groups excluding carboxylic acids is 3. The van der Waals surface area contributed by atoms with Crippen LogP contribution in [0.15, 0.2) is 65.6 Å². The van der Waals surface area contributed by atoms with E-state index < -0.39 is 17.1 Å². The van der Waals surface area contributed by atoms with Crippen LogP contribution in [0, 0.1) is 0 Å². The van der Waals surface area contributed by atoms with E-state index >= 15 is 0 Å². The minimum Gasteiger partial charge on any atom is -0.495 e. The molecule has 0 aromatic heterocycles. The van der Waals surface area contributed by atoms with Gasteiger partial charge in [0.25, 0.3) is 11.1 Å². The maximum absolute atomic E-state index is 12.4. The van der Waals surface area contributed by atoms with Gasteiger partial charge < -0.3 is 10.1 Å². The molecule has 1 aliphatic heterocycles. The molecule has 0 aliphatic carbocycles. The number of benzene rings is 2. The molecule has 1 aliphatic rings. The van der Waals surface area contributed by atoms with Gasteiger partial charge in [-0.2, -0.15) is 0 Å². The number of methoxy groups -OCH3 is 1. The Hall–Kier alpha value is -3.03. The molecule has 0 radical (unpaired) electrons. The molecule has 3 amide bonds. The third kappa shape index (κ3) is 5.28. The average Bonchev–Trinajstić information content (AvgIpc) is 2.96. The van der Waals surface area contributed by atoms with Gasteiger partial charge in [0.1, 0.15) is 12.3 Å². The van der Waals surface area contributed by atoms with E-state index in [-0.39, 0.29) is 11.4 Å². The number of halogens is 1. The van der Waals surface area contributed by atoms with Crippen molar-refractivity contribution in [1.29, 1.82) is 0 Å². The number of nitrogens with one attached hydrogen (secondary N) is 1. The van der Waals surface area contributed by atoms with E-state index in [0.29, 0.717) is 16.5 Å². The number of ether oxygens (including phenoxy) is 1. The minimum atomic E-state index is -0.505. The van der Waals surface area contributed by atoms with E-state index in [2.05, 4.69) is 5.32 Å². The maximum atomic E-state index is 12.4. The highest BCUT2D eigenvalue weighted by Gasteiger charge is 2.35. The molecule has 1 fully saturated rings. The Morgan fingerprint density at radius 3 is 2.66 bits per heavy atom. The first kappa shape index (κ1) is 20.7. The van der Waals surface area contributed by atoms with Crippen molar-refractivity contribution in [3.8, 4) is 5.75 Å². The summed E-state index contributed by atoms with van der Waals surface area (Å²) in [5.74, 6) is -0.528. The predicted octanol–water partition coefficient (Wildman–Crippen LogP) is 4.58. The summed E-state index contributed by atoms with van der Waals surface area (Å²) in [5, 5.41) is 2.46. The number of thioether (sulfide) groups is 1. The largest absolute Gasteiger partial charge is 0.495 e. The Morgan fingerprint density at radius 1 is 1.21 bits per heavy atom. The molecule has 2 aromatic rings. The van der Waals surface area contributed by atoms with E-state index in [4.69, 9.17) is 16.3 Å². The lowest BCUT2D eigenvalue weighted by Gasteiger charge is -2.13. The number of imide groups is 1. The summed E-state index contributed by atoms with van der Waals surface area (Å²) in [5.41, 5.74) is 1.41. The SMILES string of the molecule is COc1ccc(NC(=O)CN2C(=O)S/C(=C/C=C\c3ccccc3)C2=O)cc1Cl. The molecule has 1 heterocycles. The molecule has 29 heavy (non-hydrogen) atoms. The van der Waals surface area contributed by atoms with Gasteiger partial charge in [-0.1, -0.05) is 54.1 Å². The second-order valence-corrected chi connectivity index (χ2v) is 7.36. The van der Waals surface area contributed by atoms with Crippen molar-refractivity contribution in [2.75, 3.05) is 19.0 Å². The molecule has 0 saturated carbocycles. The molecule has 0 spiro atoms. The second kappa shape index (κ2) is 9.45. The molecule has 2 aromatic carbocycles. The van der Waals surface area contributed by atoms with Crippen molar-refractivity contribution >= 4 is 52.2 Å². The van der Waals surface area contributed by atoms with Crippen LogP contribution in [0.5, 0.6) is 5.75 Å². The molecule has 3 rings (SSSR count). The second-order valence-electron chi connectivity index (χ2n) is 5.96. The summed E-state index contributed by atoms with van der Waals surface area (Å²) < 4.78 is 5.06. The Bertz CT molecular complexity index is 1000. The third-order valence-corrected chi connectivity index (χ3v) is 5.17. The smallest absolute Gasteiger partial charge is 0.294 e. The van der Waals surface area contributed by atoms with E-state index in [1.165, 1.54) is 13.2 Å². The van der Waals surface area contributed by atoms with Gasteiger partial charge in [-0.25, -0.2) is 0 Å². The van der Waals surface area contributed by atoms with E-state index in [1.54, 1.807) is 24.3 Å². The van der Waals surface area contributed by atoms with Crippen LogP contribution in [-0.2, 0) is 9.59 Å². The Morgan fingerprint density at radius 2 is 1.97 bits per heavy atom. The fourth-order valence-corrected chi connectivity index (χ4v) is 3.60. The van der Waals surface area contributed by atoms with E-state index in [1.807, 2.05) is 36.4 Å². The van der Waals surface area contributed by atoms with Gasteiger partial charge in [0.15, 0.2) is 0 Å². The topological polar surface area (TPSA) is 75.7 Å². The molecule has 0 atom stereocenters. The van der Waals surface area contributed by atoms with Crippen LogP contribution in [0.25, 0.3) is 6.08 Å². The molecule has 0 unspecified atom stereocenters. The molecule has 8 heteroatoms. The van der Waals surface area contributed by atoms with Crippen LogP contribution in [-0.4, -0.2) is 35.6 Å². The Balaban J connectivity index is 1.62. The monoisotopic (exact) mass is 428 g/mol. The van der Waals surface area contributed by atoms with Gasteiger partial charge in [-0.05, 0) is 41.6 Å². The van der Waals surface area contributed by atoms with Gasteiger partial charge in [-0.15, -0.1) is 0 Å². The highest BCUT2D eigenvalue weighted by Crippen LogP contribution is 2.31. The summed E-state index contributed by atoms with van der Waals surface area (Å²) in [4.78, 5) is 38.0. The number of carbonyl (C=O) groups is 3. The number of rotatable bonds is 6. The normalized spacial score (nSPS) is 15.4. The lowest BCUT2D eigenvalue weighted by atomic mass is 10.2. The molecule has 148 valence electrons. The first-order valence-corrected chi connectivity index (χ1v) is 9.78. The number of allylic oxidation sites excluding steroid dienone is 2. The van der Waals surface area contributed by atoms with Gasteiger partial charge in [-0.3, -0.25) is 19.3 Å². The van der Waals surface area contributed by atoms with Gasteiger partial charge in [0.05, 0.1) is 17.0 Å². The minimum absolute atomic E-state index is 0.266. The van der Waals surface area contributed by atoms with Gasteiger partial charge >= 0.3 is 0 Å². The van der Waals surface area contributed by atoms with Crippen LogP contribution in [0.1, 0.15) is 5.56 Å². The van der Waals surface area contributed by atoms with Crippen molar-refractivity contribution in [3.05, 3.63) is 76.2 Å². The number of hydrogen-bond acceptors (Lipinski definition) is 5. The van der Waals surface area contributed by atoms with Crippen LogP contribution in [0.2, 0.25) is 5.02 Å². The first-order chi connectivity index (χ1) is 14.0. The van der Waals surface area contributed by atoms with Crippen LogP contribution in [0.3, 0.4) is 0 Å². The van der Waals surface area contributed by atoms with Gasteiger partial charge in [0.2, 0.25) is 5.91 Å². The first-order valence-electron chi connectivity index (χ1n) is 8.58. The van der Waals surface area contributed by atoms with E-state index in [0.717, 1.165) is 22.2 Å². The zero-order valence-corrected chi connectivity index (χ0v) is 17.0. The van der Waals surface area contributed by atoms with Crippen molar-refractivity contribution < 1.29 is 19.1 Å². The zero-order valence-electron chi connectivity index (χ0n) is 15.4. The fourth-order valence-electron chi connectivity index (χ4n) is 2.55. The number of amides is 3. The van der Waals surface area contributed by atoms with E-state index in [9.17, 15) is 14.4 Å². The Labute approximate surface area is 177 Å². The third-order valence-electron chi connectivity index (χ3n) is 3.95. The predicted molar refractivity (Wildman–Crippen MR) is 115 cm³/mol. The van der Waals surface area contributed by atoms with Crippen LogP contribution < -0.4 is 10.1 Å². The molecule has 0 bridgehead atoms. The molecule has 6 nitrogen and oxygen atoms in total. The highest BCUT2D eigenvalue weighted by molar-refractivity contribution is 8.18. The van der Waals surface area contributed by atoms with Crippen molar-refractivity contribution in [1.82, 2.24) is 4.90 Å².